The molecule has 0 aromatic carbocycles. The Morgan fingerprint density at radius 3 is 3.14 bits per heavy atom. The predicted octanol–water partition coefficient (Wildman–Crippen LogP) is 1.76. The quantitative estimate of drug-likeness (QED) is 0.878. The van der Waals surface area contributed by atoms with Crippen molar-refractivity contribution in [1.82, 2.24) is 5.32 Å². The number of furan rings is 1. The number of halogens is 1. The van der Waals surface area contributed by atoms with E-state index in [0.29, 0.717) is 12.2 Å². The lowest BCUT2D eigenvalue weighted by atomic mass is 9.92. The van der Waals surface area contributed by atoms with Gasteiger partial charge in [-0.3, -0.25) is 4.79 Å². The average molecular weight is 258 g/mol. The topological polar surface area (TPSA) is 42.2 Å². The Morgan fingerprint density at radius 2 is 2.50 bits per heavy atom. The Hall–Kier alpha value is -0.610. The van der Waals surface area contributed by atoms with Crippen molar-refractivity contribution in [3.63, 3.8) is 0 Å². The van der Waals surface area contributed by atoms with E-state index >= 15 is 0 Å². The Morgan fingerprint density at radius 1 is 1.64 bits per heavy atom. The minimum atomic E-state index is 0.119. The van der Waals surface area contributed by atoms with Gasteiger partial charge in [0.2, 0.25) is 0 Å². The first-order chi connectivity index (χ1) is 6.75. The van der Waals surface area contributed by atoms with E-state index in [1.165, 1.54) is 0 Å². The van der Waals surface area contributed by atoms with Crippen molar-refractivity contribution in [3.05, 3.63) is 22.6 Å². The molecule has 1 aromatic heterocycles. The first kappa shape index (κ1) is 9.93. The van der Waals surface area contributed by atoms with E-state index < -0.39 is 0 Å². The second kappa shape index (κ2) is 4.28. The maximum absolute atomic E-state index is 11.5. The van der Waals surface area contributed by atoms with E-state index in [2.05, 4.69) is 21.2 Å². The number of ketones is 1. The van der Waals surface area contributed by atoms with E-state index in [1.807, 2.05) is 6.07 Å². The minimum absolute atomic E-state index is 0.119. The summed E-state index contributed by atoms with van der Waals surface area (Å²) in [6.07, 6.45) is 3.14. The van der Waals surface area contributed by atoms with Crippen LogP contribution in [-0.4, -0.2) is 18.9 Å². The first-order valence-corrected chi connectivity index (χ1v) is 5.51. The molecule has 1 aliphatic heterocycles. The van der Waals surface area contributed by atoms with Gasteiger partial charge in [-0.05, 0) is 34.0 Å². The second-order valence-corrected chi connectivity index (χ2v) is 4.36. The number of Topliss-reactive ketones (excluding diaryl/α,β-unsaturated/α-hetero) is 1. The van der Waals surface area contributed by atoms with Crippen LogP contribution in [0.25, 0.3) is 0 Å². The molecular formula is C10H12BrNO2. The Bertz CT molecular complexity index is 335. The van der Waals surface area contributed by atoms with Crippen molar-refractivity contribution in [1.29, 1.82) is 0 Å². The molecular weight excluding hydrogens is 246 g/mol. The standard InChI is InChI=1S/C10H12BrNO2/c11-10-4-7(6-14-10)3-8-5-12-2-1-9(8)13/h4,6,8,12H,1-3,5H2. The molecule has 1 N–H and O–H groups in total. The maximum atomic E-state index is 11.5. The fraction of sp³-hybridized carbons (Fsp3) is 0.500. The summed E-state index contributed by atoms with van der Waals surface area (Å²) in [4.78, 5) is 11.5. The molecule has 0 spiro atoms. The summed E-state index contributed by atoms with van der Waals surface area (Å²) in [5.41, 5.74) is 1.08. The Labute approximate surface area is 91.0 Å². The molecule has 0 amide bonds. The number of carbonyl (C=O) groups is 1. The van der Waals surface area contributed by atoms with Gasteiger partial charge in [-0.25, -0.2) is 0 Å². The van der Waals surface area contributed by atoms with Crippen molar-refractivity contribution >= 4 is 21.7 Å². The molecule has 0 radical (unpaired) electrons. The number of carbonyl (C=O) groups excluding carboxylic acids is 1. The van der Waals surface area contributed by atoms with Gasteiger partial charge in [0.1, 0.15) is 5.78 Å². The van der Waals surface area contributed by atoms with Gasteiger partial charge in [-0.1, -0.05) is 0 Å². The number of hydrogen-bond donors (Lipinski definition) is 1. The molecule has 14 heavy (non-hydrogen) atoms. The highest BCUT2D eigenvalue weighted by Crippen LogP contribution is 2.19. The third kappa shape index (κ3) is 2.25. The lowest BCUT2D eigenvalue weighted by molar-refractivity contribution is -0.123. The Kier molecular flexibility index (Phi) is 3.03. The summed E-state index contributed by atoms with van der Waals surface area (Å²) in [5, 5.41) is 3.23. The van der Waals surface area contributed by atoms with Gasteiger partial charge in [-0.2, -0.15) is 0 Å². The summed E-state index contributed by atoms with van der Waals surface area (Å²) in [5.74, 6) is 0.481. The van der Waals surface area contributed by atoms with Crippen LogP contribution in [0.15, 0.2) is 21.4 Å². The van der Waals surface area contributed by atoms with Crippen LogP contribution in [-0.2, 0) is 11.2 Å². The van der Waals surface area contributed by atoms with Crippen LogP contribution in [0.5, 0.6) is 0 Å². The van der Waals surface area contributed by atoms with Crippen LogP contribution in [0.4, 0.5) is 0 Å². The van der Waals surface area contributed by atoms with Crippen LogP contribution in [0.2, 0.25) is 0 Å². The zero-order valence-electron chi connectivity index (χ0n) is 7.75. The molecule has 1 unspecified atom stereocenters. The van der Waals surface area contributed by atoms with Crippen molar-refractivity contribution in [3.8, 4) is 0 Å². The van der Waals surface area contributed by atoms with Gasteiger partial charge < -0.3 is 9.73 Å². The highest BCUT2D eigenvalue weighted by Gasteiger charge is 2.22. The van der Waals surface area contributed by atoms with Crippen molar-refractivity contribution in [2.24, 2.45) is 5.92 Å². The zero-order valence-corrected chi connectivity index (χ0v) is 9.34. The van der Waals surface area contributed by atoms with Crippen molar-refractivity contribution in [2.75, 3.05) is 13.1 Å². The molecule has 1 atom stereocenters. The fourth-order valence-electron chi connectivity index (χ4n) is 1.73. The number of piperidine rings is 1. The summed E-state index contributed by atoms with van der Waals surface area (Å²) in [6, 6.07) is 1.92. The monoisotopic (exact) mass is 257 g/mol. The Balaban J connectivity index is 1.99. The molecule has 4 heteroatoms. The number of nitrogens with one attached hydrogen (secondary N) is 1. The highest BCUT2D eigenvalue weighted by molar-refractivity contribution is 9.10. The third-order valence-corrected chi connectivity index (χ3v) is 2.91. The van der Waals surface area contributed by atoms with E-state index in [0.717, 1.165) is 29.7 Å². The van der Waals surface area contributed by atoms with Crippen LogP contribution in [0.1, 0.15) is 12.0 Å². The van der Waals surface area contributed by atoms with E-state index in [-0.39, 0.29) is 5.92 Å². The predicted molar refractivity (Wildman–Crippen MR) is 56.1 cm³/mol. The van der Waals surface area contributed by atoms with Crippen LogP contribution in [0.3, 0.4) is 0 Å². The number of hydrogen-bond acceptors (Lipinski definition) is 3. The second-order valence-electron chi connectivity index (χ2n) is 3.58. The lowest BCUT2D eigenvalue weighted by Crippen LogP contribution is -2.37. The van der Waals surface area contributed by atoms with Gasteiger partial charge >= 0.3 is 0 Å². The van der Waals surface area contributed by atoms with Crippen LogP contribution in [0, 0.1) is 5.92 Å². The van der Waals surface area contributed by atoms with E-state index in [1.54, 1.807) is 6.26 Å². The molecule has 0 aliphatic carbocycles. The van der Waals surface area contributed by atoms with Crippen LogP contribution < -0.4 is 5.32 Å². The molecule has 76 valence electrons. The molecule has 1 fully saturated rings. The normalized spacial score (nSPS) is 22.6. The largest absolute Gasteiger partial charge is 0.457 e. The highest BCUT2D eigenvalue weighted by atomic mass is 79.9. The molecule has 0 saturated carbocycles. The van der Waals surface area contributed by atoms with E-state index in [4.69, 9.17) is 4.42 Å². The maximum Gasteiger partial charge on any atom is 0.169 e. The molecule has 2 heterocycles. The summed E-state index contributed by atoms with van der Waals surface area (Å²) >= 11 is 3.24. The van der Waals surface area contributed by atoms with Crippen LogP contribution >= 0.6 is 15.9 Å². The minimum Gasteiger partial charge on any atom is -0.457 e. The molecule has 1 aromatic rings. The van der Waals surface area contributed by atoms with E-state index in [9.17, 15) is 4.79 Å². The van der Waals surface area contributed by atoms with Crippen molar-refractivity contribution in [2.45, 2.75) is 12.8 Å². The lowest BCUT2D eigenvalue weighted by Gasteiger charge is -2.20. The molecule has 3 nitrogen and oxygen atoms in total. The summed E-state index contributed by atoms with van der Waals surface area (Å²) in [7, 11) is 0. The molecule has 1 aliphatic rings. The zero-order chi connectivity index (χ0) is 9.97. The smallest absolute Gasteiger partial charge is 0.169 e. The van der Waals surface area contributed by atoms with Gasteiger partial charge in [-0.15, -0.1) is 0 Å². The van der Waals surface area contributed by atoms with Gasteiger partial charge in [0.05, 0.1) is 6.26 Å². The molecule has 2 rings (SSSR count). The average Bonchev–Trinajstić information content (AvgIpc) is 2.56. The molecule has 0 bridgehead atoms. The molecule has 1 saturated heterocycles. The summed E-state index contributed by atoms with van der Waals surface area (Å²) in [6.45, 7) is 1.62. The summed E-state index contributed by atoms with van der Waals surface area (Å²) < 4.78 is 5.85. The number of rotatable bonds is 2. The van der Waals surface area contributed by atoms with Gasteiger partial charge in [0, 0.05) is 25.4 Å². The van der Waals surface area contributed by atoms with Crippen molar-refractivity contribution < 1.29 is 9.21 Å². The SMILES string of the molecule is O=C1CCNCC1Cc1coc(Br)c1. The van der Waals surface area contributed by atoms with Gasteiger partial charge in [0.15, 0.2) is 4.67 Å². The first-order valence-electron chi connectivity index (χ1n) is 4.72. The fourth-order valence-corrected chi connectivity index (χ4v) is 2.12. The third-order valence-electron chi connectivity index (χ3n) is 2.50. The van der Waals surface area contributed by atoms with Gasteiger partial charge in [0.25, 0.3) is 0 Å².